The van der Waals surface area contributed by atoms with Crippen molar-refractivity contribution in [3.63, 3.8) is 0 Å². The highest BCUT2D eigenvalue weighted by molar-refractivity contribution is 5.14. The van der Waals surface area contributed by atoms with Crippen LogP contribution in [0.2, 0.25) is 0 Å². The van der Waals surface area contributed by atoms with E-state index in [9.17, 15) is 0 Å². The van der Waals surface area contributed by atoms with Crippen LogP contribution in [0.1, 0.15) is 44.6 Å². The van der Waals surface area contributed by atoms with Gasteiger partial charge in [-0.2, -0.15) is 0 Å². The van der Waals surface area contributed by atoms with Crippen LogP contribution in [0.5, 0.6) is 0 Å². The average molecular weight is 316 g/mol. The van der Waals surface area contributed by atoms with E-state index < -0.39 is 0 Å². The van der Waals surface area contributed by atoms with Gasteiger partial charge in [0.2, 0.25) is 0 Å². The van der Waals surface area contributed by atoms with Crippen molar-refractivity contribution in [2.24, 2.45) is 5.41 Å². The molecule has 23 heavy (non-hydrogen) atoms. The molecule has 1 aromatic carbocycles. The Morgan fingerprint density at radius 1 is 1.13 bits per heavy atom. The Hall–Kier alpha value is -0.900. The van der Waals surface area contributed by atoms with Crippen LogP contribution in [0.3, 0.4) is 0 Å². The first-order valence-electron chi connectivity index (χ1n) is 9.37. The van der Waals surface area contributed by atoms with Crippen LogP contribution >= 0.6 is 0 Å². The third-order valence-electron chi connectivity index (χ3n) is 5.90. The summed E-state index contributed by atoms with van der Waals surface area (Å²) in [4.78, 5) is 2.62. The van der Waals surface area contributed by atoms with Gasteiger partial charge < -0.3 is 10.1 Å². The molecule has 3 nitrogen and oxygen atoms in total. The summed E-state index contributed by atoms with van der Waals surface area (Å²) in [7, 11) is 0. The minimum Gasteiger partial charge on any atom is -0.381 e. The Morgan fingerprint density at radius 2 is 1.83 bits per heavy atom. The molecule has 1 aromatic rings. The molecule has 0 saturated carbocycles. The number of benzene rings is 1. The van der Waals surface area contributed by atoms with E-state index in [0.29, 0.717) is 11.5 Å². The lowest BCUT2D eigenvalue weighted by Gasteiger charge is -2.42. The van der Waals surface area contributed by atoms with Crippen LogP contribution in [-0.4, -0.2) is 43.8 Å². The van der Waals surface area contributed by atoms with Gasteiger partial charge in [-0.3, -0.25) is 4.90 Å². The van der Waals surface area contributed by atoms with Gasteiger partial charge in [0.1, 0.15) is 0 Å². The predicted octanol–water partition coefficient (Wildman–Crippen LogP) is 3.45. The molecule has 2 heterocycles. The zero-order valence-corrected chi connectivity index (χ0v) is 14.6. The van der Waals surface area contributed by atoms with Crippen LogP contribution in [0.4, 0.5) is 0 Å². The second-order valence-electron chi connectivity index (χ2n) is 7.38. The molecule has 0 radical (unpaired) electrons. The summed E-state index contributed by atoms with van der Waals surface area (Å²) in [5.74, 6) is 0. The van der Waals surface area contributed by atoms with Gasteiger partial charge in [-0.15, -0.1) is 0 Å². The predicted molar refractivity (Wildman–Crippen MR) is 95.5 cm³/mol. The van der Waals surface area contributed by atoms with Crippen molar-refractivity contribution >= 4 is 0 Å². The van der Waals surface area contributed by atoms with Crippen molar-refractivity contribution in [1.82, 2.24) is 10.2 Å². The van der Waals surface area contributed by atoms with Gasteiger partial charge in [-0.1, -0.05) is 37.3 Å². The van der Waals surface area contributed by atoms with Gasteiger partial charge in [0, 0.05) is 32.3 Å². The molecule has 2 aliphatic heterocycles. The van der Waals surface area contributed by atoms with E-state index in [1.807, 2.05) is 0 Å². The Kier molecular flexibility index (Phi) is 6.09. The smallest absolute Gasteiger partial charge is 0.0480 e. The summed E-state index contributed by atoms with van der Waals surface area (Å²) < 4.78 is 5.47. The molecule has 2 aliphatic rings. The Balaban J connectivity index is 1.46. The normalized spacial score (nSPS) is 23.0. The van der Waals surface area contributed by atoms with Gasteiger partial charge in [0.05, 0.1) is 0 Å². The maximum absolute atomic E-state index is 5.47. The number of nitrogens with one attached hydrogen (secondary N) is 1. The second kappa shape index (κ2) is 8.27. The van der Waals surface area contributed by atoms with Crippen molar-refractivity contribution in [3.8, 4) is 0 Å². The van der Waals surface area contributed by atoms with Crippen molar-refractivity contribution in [3.05, 3.63) is 35.9 Å². The highest BCUT2D eigenvalue weighted by Crippen LogP contribution is 2.35. The number of likely N-dealkylation sites (tertiary alicyclic amines) is 1. The van der Waals surface area contributed by atoms with Crippen molar-refractivity contribution in [2.45, 2.75) is 51.6 Å². The molecule has 0 spiro atoms. The molecule has 0 amide bonds. The number of nitrogens with zero attached hydrogens (tertiary/aromatic N) is 1. The summed E-state index contributed by atoms with van der Waals surface area (Å²) in [6.07, 6.45) is 6.31. The van der Waals surface area contributed by atoms with Crippen LogP contribution in [0.15, 0.2) is 30.3 Å². The fourth-order valence-corrected chi connectivity index (χ4v) is 3.94. The van der Waals surface area contributed by atoms with E-state index >= 15 is 0 Å². The van der Waals surface area contributed by atoms with E-state index in [0.717, 1.165) is 19.8 Å². The van der Waals surface area contributed by atoms with Gasteiger partial charge in [-0.25, -0.2) is 0 Å². The first-order valence-corrected chi connectivity index (χ1v) is 9.37. The standard InChI is InChI=1S/C20H32N2O/c1-2-20(17-21-19-8-14-23-15-9-19)10-12-22(13-11-20)16-18-6-4-3-5-7-18/h3-7,19,21H,2,8-17H2,1H3. The van der Waals surface area contributed by atoms with Crippen LogP contribution in [0.25, 0.3) is 0 Å². The average Bonchev–Trinajstić information content (AvgIpc) is 2.63. The molecule has 3 rings (SSSR count). The zero-order valence-electron chi connectivity index (χ0n) is 14.6. The van der Waals surface area contributed by atoms with Crippen LogP contribution in [0, 0.1) is 5.41 Å². The van der Waals surface area contributed by atoms with E-state index in [1.165, 1.54) is 57.3 Å². The lowest BCUT2D eigenvalue weighted by Crippen LogP contribution is -2.47. The maximum Gasteiger partial charge on any atom is 0.0480 e. The second-order valence-corrected chi connectivity index (χ2v) is 7.38. The van der Waals surface area contributed by atoms with E-state index in [1.54, 1.807) is 0 Å². The summed E-state index contributed by atoms with van der Waals surface area (Å²) in [5, 5.41) is 3.85. The summed E-state index contributed by atoms with van der Waals surface area (Å²) in [6, 6.07) is 11.6. The van der Waals surface area contributed by atoms with E-state index in [4.69, 9.17) is 4.74 Å². The fourth-order valence-electron chi connectivity index (χ4n) is 3.94. The fraction of sp³-hybridized carbons (Fsp3) is 0.700. The van der Waals surface area contributed by atoms with Crippen LogP contribution < -0.4 is 5.32 Å². The molecular weight excluding hydrogens is 284 g/mol. The molecule has 0 bridgehead atoms. The summed E-state index contributed by atoms with van der Waals surface area (Å²) in [5.41, 5.74) is 1.95. The molecule has 2 fully saturated rings. The van der Waals surface area contributed by atoms with Gasteiger partial charge in [0.15, 0.2) is 0 Å². The zero-order chi connectivity index (χ0) is 16.0. The quantitative estimate of drug-likeness (QED) is 0.870. The molecule has 3 heteroatoms. The molecule has 0 atom stereocenters. The lowest BCUT2D eigenvalue weighted by molar-refractivity contribution is 0.0607. The Morgan fingerprint density at radius 3 is 2.48 bits per heavy atom. The maximum atomic E-state index is 5.47. The number of ether oxygens (including phenoxy) is 1. The molecule has 2 saturated heterocycles. The number of hydrogen-bond acceptors (Lipinski definition) is 3. The largest absolute Gasteiger partial charge is 0.381 e. The number of hydrogen-bond donors (Lipinski definition) is 1. The number of rotatable bonds is 6. The van der Waals surface area contributed by atoms with Gasteiger partial charge in [-0.05, 0) is 56.2 Å². The third kappa shape index (κ3) is 4.79. The monoisotopic (exact) mass is 316 g/mol. The summed E-state index contributed by atoms with van der Waals surface area (Å²) >= 11 is 0. The Labute approximate surface area is 141 Å². The topological polar surface area (TPSA) is 24.5 Å². The first-order chi connectivity index (χ1) is 11.3. The summed E-state index contributed by atoms with van der Waals surface area (Å²) in [6.45, 7) is 9.00. The minimum atomic E-state index is 0.505. The minimum absolute atomic E-state index is 0.505. The molecular formula is C20H32N2O. The van der Waals surface area contributed by atoms with Crippen molar-refractivity contribution in [1.29, 1.82) is 0 Å². The number of piperidine rings is 1. The molecule has 1 N–H and O–H groups in total. The van der Waals surface area contributed by atoms with Gasteiger partial charge in [0.25, 0.3) is 0 Å². The molecule has 0 aliphatic carbocycles. The molecule has 0 aromatic heterocycles. The third-order valence-corrected chi connectivity index (χ3v) is 5.90. The first kappa shape index (κ1) is 16.9. The van der Waals surface area contributed by atoms with Crippen LogP contribution in [-0.2, 0) is 11.3 Å². The SMILES string of the molecule is CCC1(CNC2CCOCC2)CCN(Cc2ccccc2)CC1. The lowest BCUT2D eigenvalue weighted by atomic mass is 9.75. The highest BCUT2D eigenvalue weighted by atomic mass is 16.5. The molecule has 0 unspecified atom stereocenters. The van der Waals surface area contributed by atoms with E-state index in [-0.39, 0.29) is 0 Å². The molecule has 128 valence electrons. The van der Waals surface area contributed by atoms with Gasteiger partial charge >= 0.3 is 0 Å². The highest BCUT2D eigenvalue weighted by Gasteiger charge is 2.33. The van der Waals surface area contributed by atoms with Crippen molar-refractivity contribution in [2.75, 3.05) is 32.8 Å². The Bertz CT molecular complexity index is 448. The van der Waals surface area contributed by atoms with Crippen molar-refractivity contribution < 1.29 is 4.74 Å². The van der Waals surface area contributed by atoms with E-state index in [2.05, 4.69) is 47.5 Å².